The fourth-order valence-corrected chi connectivity index (χ4v) is 1.93. The smallest absolute Gasteiger partial charge is 0.351 e. The molecule has 0 saturated carbocycles. The Labute approximate surface area is 112 Å². The van der Waals surface area contributed by atoms with Crippen LogP contribution in [0, 0.1) is 0 Å². The third kappa shape index (κ3) is 2.69. The number of halogens is 1. The van der Waals surface area contributed by atoms with Crippen molar-refractivity contribution in [3.05, 3.63) is 22.7 Å². The predicted octanol–water partition coefficient (Wildman–Crippen LogP) is -1.21. The zero-order chi connectivity index (χ0) is 14.9. The van der Waals surface area contributed by atoms with Gasteiger partial charge in [0.2, 0.25) is 5.91 Å². The number of carbonyl (C=O) groups excluding carboxylic acids is 1. The number of ether oxygens (including phenoxy) is 1. The molecular formula is C11H14FN3O5. The zero-order valence-corrected chi connectivity index (χ0v) is 10.6. The van der Waals surface area contributed by atoms with Gasteiger partial charge in [-0.25, -0.2) is 9.18 Å². The SMILES string of the molecule is CC(=O)Nc1ccn([C@@H]2O[C@H](CO)[C@H](O)C2F)c(=O)n1. The van der Waals surface area contributed by atoms with Crippen molar-refractivity contribution in [2.24, 2.45) is 0 Å². The average molecular weight is 287 g/mol. The first kappa shape index (κ1) is 14.6. The maximum atomic E-state index is 13.9. The maximum absolute atomic E-state index is 13.9. The van der Waals surface area contributed by atoms with E-state index in [0.717, 1.165) is 4.57 Å². The van der Waals surface area contributed by atoms with Crippen molar-refractivity contribution in [2.75, 3.05) is 11.9 Å². The first-order valence-electron chi connectivity index (χ1n) is 5.89. The molecule has 0 bridgehead atoms. The lowest BCUT2D eigenvalue weighted by Gasteiger charge is -2.15. The Morgan fingerprint density at radius 3 is 2.85 bits per heavy atom. The number of hydrogen-bond acceptors (Lipinski definition) is 6. The number of hydrogen-bond donors (Lipinski definition) is 3. The summed E-state index contributed by atoms with van der Waals surface area (Å²) in [5, 5.41) is 20.7. The lowest BCUT2D eigenvalue weighted by Crippen LogP contribution is -2.33. The summed E-state index contributed by atoms with van der Waals surface area (Å²) < 4.78 is 19.8. The van der Waals surface area contributed by atoms with Gasteiger partial charge in [-0.05, 0) is 6.07 Å². The number of rotatable bonds is 3. The van der Waals surface area contributed by atoms with Gasteiger partial charge < -0.3 is 20.3 Å². The van der Waals surface area contributed by atoms with E-state index in [9.17, 15) is 19.1 Å². The Kier molecular flexibility index (Phi) is 4.12. The summed E-state index contributed by atoms with van der Waals surface area (Å²) in [6, 6.07) is 1.30. The molecule has 1 aromatic heterocycles. The van der Waals surface area contributed by atoms with Gasteiger partial charge in [0.15, 0.2) is 12.4 Å². The van der Waals surface area contributed by atoms with E-state index < -0.39 is 42.8 Å². The lowest BCUT2D eigenvalue weighted by atomic mass is 10.1. The van der Waals surface area contributed by atoms with E-state index in [-0.39, 0.29) is 5.82 Å². The predicted molar refractivity (Wildman–Crippen MR) is 64.7 cm³/mol. The number of aromatic nitrogens is 2. The van der Waals surface area contributed by atoms with Crippen LogP contribution in [-0.2, 0) is 9.53 Å². The van der Waals surface area contributed by atoms with Crippen LogP contribution in [0.1, 0.15) is 13.2 Å². The summed E-state index contributed by atoms with van der Waals surface area (Å²) >= 11 is 0. The number of aliphatic hydroxyl groups excluding tert-OH is 2. The minimum Gasteiger partial charge on any atom is -0.394 e. The van der Waals surface area contributed by atoms with E-state index in [1.165, 1.54) is 19.2 Å². The molecule has 1 aliphatic rings. The fraction of sp³-hybridized carbons (Fsp3) is 0.545. The minimum atomic E-state index is -1.86. The molecule has 3 N–H and O–H groups in total. The second-order valence-corrected chi connectivity index (χ2v) is 4.37. The van der Waals surface area contributed by atoms with Gasteiger partial charge in [-0.15, -0.1) is 0 Å². The third-order valence-electron chi connectivity index (χ3n) is 2.88. The summed E-state index contributed by atoms with van der Waals surface area (Å²) in [5.41, 5.74) is -0.838. The Bertz CT molecular complexity index is 563. The molecule has 1 aliphatic heterocycles. The highest BCUT2D eigenvalue weighted by Gasteiger charge is 2.45. The second-order valence-electron chi connectivity index (χ2n) is 4.37. The first-order valence-corrected chi connectivity index (χ1v) is 5.89. The molecule has 0 aliphatic carbocycles. The van der Waals surface area contributed by atoms with Gasteiger partial charge in [0.1, 0.15) is 18.0 Å². The van der Waals surface area contributed by atoms with Crippen LogP contribution < -0.4 is 11.0 Å². The van der Waals surface area contributed by atoms with E-state index in [4.69, 9.17) is 9.84 Å². The van der Waals surface area contributed by atoms with Crippen LogP contribution in [0.3, 0.4) is 0 Å². The first-order chi connectivity index (χ1) is 9.43. The zero-order valence-electron chi connectivity index (χ0n) is 10.6. The Morgan fingerprint density at radius 1 is 1.65 bits per heavy atom. The highest BCUT2D eigenvalue weighted by Crippen LogP contribution is 2.30. The largest absolute Gasteiger partial charge is 0.394 e. The number of carbonyl (C=O) groups is 1. The normalized spacial score (nSPS) is 29.4. The van der Waals surface area contributed by atoms with Gasteiger partial charge in [-0.3, -0.25) is 9.36 Å². The molecule has 1 aromatic rings. The third-order valence-corrected chi connectivity index (χ3v) is 2.88. The molecule has 0 aromatic carbocycles. The van der Waals surface area contributed by atoms with Crippen LogP contribution in [0.25, 0.3) is 0 Å². The Balaban J connectivity index is 2.26. The van der Waals surface area contributed by atoms with Crippen LogP contribution in [0.2, 0.25) is 0 Å². The van der Waals surface area contributed by atoms with Crippen molar-refractivity contribution in [1.82, 2.24) is 9.55 Å². The molecule has 20 heavy (non-hydrogen) atoms. The Hall–Kier alpha value is -1.84. The van der Waals surface area contributed by atoms with E-state index in [0.29, 0.717) is 0 Å². The molecule has 110 valence electrons. The van der Waals surface area contributed by atoms with Crippen LogP contribution in [0.4, 0.5) is 10.2 Å². The number of alkyl halides is 1. The van der Waals surface area contributed by atoms with Gasteiger partial charge in [-0.1, -0.05) is 0 Å². The molecule has 9 heteroatoms. The van der Waals surface area contributed by atoms with Gasteiger partial charge in [-0.2, -0.15) is 4.98 Å². The Morgan fingerprint density at radius 2 is 2.35 bits per heavy atom. The molecule has 0 radical (unpaired) electrons. The van der Waals surface area contributed by atoms with Crippen LogP contribution in [0.5, 0.6) is 0 Å². The van der Waals surface area contributed by atoms with E-state index >= 15 is 0 Å². The molecule has 8 nitrogen and oxygen atoms in total. The average Bonchev–Trinajstić information content (AvgIpc) is 2.66. The van der Waals surface area contributed by atoms with Crippen molar-refractivity contribution in [3.63, 3.8) is 0 Å². The quantitative estimate of drug-likeness (QED) is 0.643. The van der Waals surface area contributed by atoms with Crippen LogP contribution in [0.15, 0.2) is 17.1 Å². The van der Waals surface area contributed by atoms with Gasteiger partial charge in [0.05, 0.1) is 6.61 Å². The van der Waals surface area contributed by atoms with E-state index in [1.807, 2.05) is 0 Å². The van der Waals surface area contributed by atoms with E-state index in [2.05, 4.69) is 10.3 Å². The van der Waals surface area contributed by atoms with E-state index in [1.54, 1.807) is 0 Å². The number of aliphatic hydroxyl groups is 2. The van der Waals surface area contributed by atoms with Crippen molar-refractivity contribution in [1.29, 1.82) is 0 Å². The monoisotopic (exact) mass is 287 g/mol. The molecule has 1 amide bonds. The maximum Gasteiger partial charge on any atom is 0.351 e. The molecule has 0 spiro atoms. The molecule has 2 rings (SSSR count). The van der Waals surface area contributed by atoms with Crippen LogP contribution in [-0.4, -0.2) is 50.7 Å². The minimum absolute atomic E-state index is 0.0337. The van der Waals surface area contributed by atoms with Crippen LogP contribution >= 0.6 is 0 Å². The van der Waals surface area contributed by atoms with Crippen molar-refractivity contribution < 1.29 is 24.1 Å². The van der Waals surface area contributed by atoms with Crippen molar-refractivity contribution in [2.45, 2.75) is 31.5 Å². The highest BCUT2D eigenvalue weighted by atomic mass is 19.1. The number of nitrogens with zero attached hydrogens (tertiary/aromatic N) is 2. The van der Waals surface area contributed by atoms with Gasteiger partial charge in [0, 0.05) is 13.1 Å². The molecule has 1 unspecified atom stereocenters. The van der Waals surface area contributed by atoms with Crippen molar-refractivity contribution in [3.8, 4) is 0 Å². The number of amides is 1. The molecule has 2 heterocycles. The summed E-state index contributed by atoms with van der Waals surface area (Å²) in [6.07, 6.45) is -4.65. The molecule has 1 saturated heterocycles. The fourth-order valence-electron chi connectivity index (χ4n) is 1.93. The molecular weight excluding hydrogens is 273 g/mol. The summed E-state index contributed by atoms with van der Waals surface area (Å²) in [4.78, 5) is 26.2. The lowest BCUT2D eigenvalue weighted by molar-refractivity contribution is -0.114. The summed E-state index contributed by atoms with van der Waals surface area (Å²) in [7, 11) is 0. The summed E-state index contributed by atoms with van der Waals surface area (Å²) in [5.74, 6) is -0.364. The highest BCUT2D eigenvalue weighted by molar-refractivity contribution is 5.87. The second kappa shape index (κ2) is 5.65. The summed E-state index contributed by atoms with van der Waals surface area (Å²) in [6.45, 7) is 0.692. The molecule has 4 atom stereocenters. The van der Waals surface area contributed by atoms with Gasteiger partial charge >= 0.3 is 5.69 Å². The van der Waals surface area contributed by atoms with Crippen molar-refractivity contribution >= 4 is 11.7 Å². The molecule has 1 fully saturated rings. The standard InChI is InChI=1S/C11H14FN3O5/c1-5(17)13-7-2-3-15(11(19)14-7)10-8(12)9(18)6(4-16)20-10/h2-3,6,8-10,16,18H,4H2,1H3,(H,13,14,17,19)/t6-,8?,9+,10-/m1/s1. The number of anilines is 1. The topological polar surface area (TPSA) is 114 Å². The van der Waals surface area contributed by atoms with Gasteiger partial charge in [0.25, 0.3) is 0 Å². The number of nitrogens with one attached hydrogen (secondary N) is 1.